The molecule has 0 fully saturated rings. The average molecular weight is 568 g/mol. The van der Waals surface area contributed by atoms with E-state index in [-0.39, 0.29) is 17.3 Å². The number of benzene rings is 3. The minimum atomic E-state index is -4.16. The van der Waals surface area contributed by atoms with Gasteiger partial charge in [0.2, 0.25) is 11.8 Å². The summed E-state index contributed by atoms with van der Waals surface area (Å²) >= 11 is 0. The van der Waals surface area contributed by atoms with Crippen LogP contribution >= 0.6 is 0 Å². The largest absolute Gasteiger partial charge is 0.497 e. The molecule has 3 rings (SSSR count). The number of amides is 2. The molecule has 1 N–H and O–H groups in total. The first-order valence-corrected chi connectivity index (χ1v) is 14.6. The van der Waals surface area contributed by atoms with Crippen LogP contribution in [-0.4, -0.2) is 58.0 Å². The van der Waals surface area contributed by atoms with Crippen LogP contribution in [0.4, 0.5) is 5.69 Å². The molecule has 0 saturated carbocycles. The summed E-state index contributed by atoms with van der Waals surface area (Å²) in [6.45, 7) is 7.57. The van der Waals surface area contributed by atoms with Gasteiger partial charge >= 0.3 is 0 Å². The third-order valence-electron chi connectivity index (χ3n) is 6.33. The number of carbonyl (C=O) groups excluding carboxylic acids is 2. The van der Waals surface area contributed by atoms with Crippen molar-refractivity contribution in [3.63, 3.8) is 0 Å². The maximum atomic E-state index is 13.9. The standard InChI is InChI=1S/C30H37N3O6S/c1-6-31-30(35)23(4)32(20-24-9-8-10-27(19-24)38-5)29(34)21-33(25-13-11-22(3)12-14-25)40(36,37)28-17-15-26(16-18-28)39-7-2/h8-19,23H,6-7,20-21H2,1-5H3,(H,31,35). The lowest BCUT2D eigenvalue weighted by Gasteiger charge is -2.32. The Morgan fingerprint density at radius 1 is 0.950 bits per heavy atom. The minimum Gasteiger partial charge on any atom is -0.497 e. The van der Waals surface area contributed by atoms with E-state index in [1.54, 1.807) is 75.6 Å². The average Bonchev–Trinajstić information content (AvgIpc) is 2.95. The smallest absolute Gasteiger partial charge is 0.264 e. The van der Waals surface area contributed by atoms with E-state index in [1.165, 1.54) is 17.0 Å². The van der Waals surface area contributed by atoms with Crippen LogP contribution in [0.2, 0.25) is 0 Å². The van der Waals surface area contributed by atoms with Gasteiger partial charge in [-0.2, -0.15) is 0 Å². The first-order valence-electron chi connectivity index (χ1n) is 13.1. The van der Waals surface area contributed by atoms with Gasteiger partial charge in [-0.1, -0.05) is 29.8 Å². The molecule has 40 heavy (non-hydrogen) atoms. The maximum absolute atomic E-state index is 13.9. The van der Waals surface area contributed by atoms with Gasteiger partial charge in [0.05, 0.1) is 24.3 Å². The van der Waals surface area contributed by atoms with Crippen molar-refractivity contribution in [1.29, 1.82) is 0 Å². The number of rotatable bonds is 13. The molecule has 3 aromatic carbocycles. The second-order valence-electron chi connectivity index (χ2n) is 9.20. The van der Waals surface area contributed by atoms with Crippen LogP contribution in [0.1, 0.15) is 31.9 Å². The monoisotopic (exact) mass is 567 g/mol. The van der Waals surface area contributed by atoms with E-state index in [9.17, 15) is 18.0 Å². The van der Waals surface area contributed by atoms with Gasteiger partial charge in [-0.3, -0.25) is 13.9 Å². The van der Waals surface area contributed by atoms with Crippen molar-refractivity contribution in [3.05, 3.63) is 83.9 Å². The summed E-state index contributed by atoms with van der Waals surface area (Å²) in [6.07, 6.45) is 0. The fourth-order valence-corrected chi connectivity index (χ4v) is 5.53. The molecule has 214 valence electrons. The van der Waals surface area contributed by atoms with Gasteiger partial charge in [0.25, 0.3) is 10.0 Å². The molecule has 0 bridgehead atoms. The molecule has 0 aliphatic heterocycles. The zero-order chi connectivity index (χ0) is 29.3. The molecule has 3 aromatic rings. The quantitative estimate of drug-likeness (QED) is 0.333. The number of likely N-dealkylation sites (N-methyl/N-ethyl adjacent to an activating group) is 1. The van der Waals surface area contributed by atoms with Crippen molar-refractivity contribution >= 4 is 27.5 Å². The van der Waals surface area contributed by atoms with Crippen molar-refractivity contribution in [1.82, 2.24) is 10.2 Å². The second kappa shape index (κ2) is 13.8. The van der Waals surface area contributed by atoms with Crippen molar-refractivity contribution in [2.24, 2.45) is 0 Å². The van der Waals surface area contributed by atoms with Crippen LogP contribution in [0.15, 0.2) is 77.7 Å². The van der Waals surface area contributed by atoms with Crippen molar-refractivity contribution in [2.45, 2.75) is 45.2 Å². The highest BCUT2D eigenvalue weighted by molar-refractivity contribution is 7.92. The molecule has 2 amide bonds. The number of anilines is 1. The fourth-order valence-electron chi connectivity index (χ4n) is 4.11. The topological polar surface area (TPSA) is 105 Å². The molecule has 10 heteroatoms. The Kier molecular flexibility index (Phi) is 10.6. The molecular weight excluding hydrogens is 530 g/mol. The summed E-state index contributed by atoms with van der Waals surface area (Å²) in [5, 5.41) is 2.75. The molecule has 1 atom stereocenters. The Balaban J connectivity index is 2.02. The molecule has 0 aliphatic rings. The van der Waals surface area contributed by atoms with Crippen LogP contribution in [-0.2, 0) is 26.2 Å². The van der Waals surface area contributed by atoms with Crippen molar-refractivity contribution in [2.75, 3.05) is 31.1 Å². The van der Waals surface area contributed by atoms with Gasteiger partial charge in [-0.25, -0.2) is 8.42 Å². The van der Waals surface area contributed by atoms with Crippen LogP contribution in [0.3, 0.4) is 0 Å². The highest BCUT2D eigenvalue weighted by Crippen LogP contribution is 2.26. The second-order valence-corrected chi connectivity index (χ2v) is 11.1. The molecule has 0 radical (unpaired) electrons. The fraction of sp³-hybridized carbons (Fsp3) is 0.333. The SMILES string of the molecule is CCNC(=O)C(C)N(Cc1cccc(OC)c1)C(=O)CN(c1ccc(C)cc1)S(=O)(=O)c1ccc(OCC)cc1. The lowest BCUT2D eigenvalue weighted by atomic mass is 10.1. The third-order valence-corrected chi connectivity index (χ3v) is 8.12. The molecule has 0 aliphatic carbocycles. The first kappa shape index (κ1) is 30.5. The van der Waals surface area contributed by atoms with Crippen molar-refractivity contribution in [3.8, 4) is 11.5 Å². The first-order chi connectivity index (χ1) is 19.1. The third kappa shape index (κ3) is 7.53. The van der Waals surface area contributed by atoms with E-state index < -0.39 is 28.5 Å². The lowest BCUT2D eigenvalue weighted by Crippen LogP contribution is -2.51. The van der Waals surface area contributed by atoms with Gasteiger partial charge in [0.1, 0.15) is 24.1 Å². The maximum Gasteiger partial charge on any atom is 0.264 e. The Labute approximate surface area is 236 Å². The Bertz CT molecular complexity index is 1390. The van der Waals surface area contributed by atoms with Gasteiger partial charge in [0.15, 0.2) is 0 Å². The molecule has 0 spiro atoms. The number of nitrogens with zero attached hydrogens (tertiary/aromatic N) is 2. The highest BCUT2D eigenvalue weighted by Gasteiger charge is 2.32. The molecule has 9 nitrogen and oxygen atoms in total. The van der Waals surface area contributed by atoms with E-state index in [0.29, 0.717) is 30.3 Å². The van der Waals surface area contributed by atoms with E-state index in [0.717, 1.165) is 15.4 Å². The van der Waals surface area contributed by atoms with E-state index in [1.807, 2.05) is 19.9 Å². The predicted molar refractivity (Wildman–Crippen MR) is 155 cm³/mol. The molecule has 0 saturated heterocycles. The number of ether oxygens (including phenoxy) is 2. The number of carbonyl (C=O) groups is 2. The van der Waals surface area contributed by atoms with Crippen molar-refractivity contribution < 1.29 is 27.5 Å². The van der Waals surface area contributed by atoms with Gasteiger partial charge in [0, 0.05) is 13.1 Å². The Morgan fingerprint density at radius 2 is 1.62 bits per heavy atom. The summed E-state index contributed by atoms with van der Waals surface area (Å²) in [4.78, 5) is 28.1. The number of methoxy groups -OCH3 is 1. The normalized spacial score (nSPS) is 11.8. The predicted octanol–water partition coefficient (Wildman–Crippen LogP) is 4.15. The molecule has 0 heterocycles. The van der Waals surface area contributed by atoms with E-state index in [2.05, 4.69) is 5.32 Å². The highest BCUT2D eigenvalue weighted by atomic mass is 32.2. The molecule has 0 aromatic heterocycles. The van der Waals surface area contributed by atoms with Crippen LogP contribution in [0.5, 0.6) is 11.5 Å². The zero-order valence-electron chi connectivity index (χ0n) is 23.6. The number of hydrogen-bond acceptors (Lipinski definition) is 6. The summed E-state index contributed by atoms with van der Waals surface area (Å²) in [5.74, 6) is 0.279. The summed E-state index contributed by atoms with van der Waals surface area (Å²) < 4.78 is 39.7. The van der Waals surface area contributed by atoms with Crippen LogP contribution < -0.4 is 19.1 Å². The summed E-state index contributed by atoms with van der Waals surface area (Å²) in [7, 11) is -2.61. The minimum absolute atomic E-state index is 0.0143. The molecular formula is C30H37N3O6S. The van der Waals surface area contributed by atoms with Gasteiger partial charge in [-0.05, 0) is 81.8 Å². The Morgan fingerprint density at radius 3 is 2.23 bits per heavy atom. The number of nitrogens with one attached hydrogen (secondary N) is 1. The number of aryl methyl sites for hydroxylation is 1. The van der Waals surface area contributed by atoms with Crippen LogP contribution in [0.25, 0.3) is 0 Å². The summed E-state index contributed by atoms with van der Waals surface area (Å²) in [6, 6.07) is 19.3. The van der Waals surface area contributed by atoms with E-state index in [4.69, 9.17) is 9.47 Å². The molecule has 1 unspecified atom stereocenters. The summed E-state index contributed by atoms with van der Waals surface area (Å²) in [5.41, 5.74) is 2.01. The number of hydrogen-bond donors (Lipinski definition) is 1. The van der Waals surface area contributed by atoms with Gasteiger partial charge in [-0.15, -0.1) is 0 Å². The zero-order valence-corrected chi connectivity index (χ0v) is 24.4. The lowest BCUT2D eigenvalue weighted by molar-refractivity contribution is -0.139. The van der Waals surface area contributed by atoms with E-state index >= 15 is 0 Å². The number of sulfonamides is 1. The Hall–Kier alpha value is -4.05. The van der Waals surface area contributed by atoms with Crippen LogP contribution in [0, 0.1) is 6.92 Å². The van der Waals surface area contributed by atoms with Gasteiger partial charge < -0.3 is 19.7 Å².